The second-order valence-electron chi connectivity index (χ2n) is 5.28. The number of rotatable bonds is 0. The molecule has 0 aromatic rings. The van der Waals surface area contributed by atoms with Crippen molar-refractivity contribution in [3.8, 4) is 0 Å². The summed E-state index contributed by atoms with van der Waals surface area (Å²) in [7, 11) is 0. The molecule has 0 spiro atoms. The zero-order valence-corrected chi connectivity index (χ0v) is 7.40. The fraction of sp³-hybridized carbons (Fsp3) is 0.818. The van der Waals surface area contributed by atoms with E-state index in [-0.39, 0.29) is 11.8 Å². The first-order valence-corrected chi connectivity index (χ1v) is 5.33. The fourth-order valence-electron chi connectivity index (χ4n) is 4.88. The van der Waals surface area contributed by atoms with Gasteiger partial charge in [-0.1, -0.05) is 0 Å². The number of carbonyl (C=O) groups is 2. The zero-order valence-electron chi connectivity index (χ0n) is 7.40. The summed E-state index contributed by atoms with van der Waals surface area (Å²) >= 11 is 0. The van der Waals surface area contributed by atoms with Crippen LogP contribution in [0.5, 0.6) is 0 Å². The van der Waals surface area contributed by atoms with E-state index in [1.54, 1.807) is 0 Å². The van der Waals surface area contributed by atoms with Crippen LogP contribution in [0, 0.1) is 35.5 Å². The number of hydrogen-bond acceptors (Lipinski definition) is 2. The highest BCUT2D eigenvalue weighted by Gasteiger charge is 2.69. The zero-order chi connectivity index (χ0) is 8.74. The first-order valence-electron chi connectivity index (χ1n) is 5.33. The van der Waals surface area contributed by atoms with E-state index in [2.05, 4.69) is 0 Å². The Morgan fingerprint density at radius 3 is 1.69 bits per heavy atom. The maximum Gasteiger partial charge on any atom is 0.137 e. The molecule has 4 rings (SSSR count). The van der Waals surface area contributed by atoms with Crippen molar-refractivity contribution in [3.05, 3.63) is 0 Å². The minimum Gasteiger partial charge on any atom is -0.299 e. The smallest absolute Gasteiger partial charge is 0.137 e. The van der Waals surface area contributed by atoms with Gasteiger partial charge in [-0.3, -0.25) is 9.59 Å². The summed E-state index contributed by atoms with van der Waals surface area (Å²) in [6.07, 6.45) is 2.81. The quantitative estimate of drug-likeness (QED) is 0.552. The van der Waals surface area contributed by atoms with E-state index >= 15 is 0 Å². The molecule has 0 heterocycles. The molecule has 6 atom stereocenters. The van der Waals surface area contributed by atoms with E-state index in [1.807, 2.05) is 0 Å². The lowest BCUT2D eigenvalue weighted by Crippen LogP contribution is -2.26. The Balaban J connectivity index is 1.94. The average Bonchev–Trinajstić information content (AvgIpc) is 2.67. The summed E-state index contributed by atoms with van der Waals surface area (Å²) in [6.45, 7) is 0. The van der Waals surface area contributed by atoms with Crippen LogP contribution >= 0.6 is 0 Å². The lowest BCUT2D eigenvalue weighted by Gasteiger charge is -2.22. The van der Waals surface area contributed by atoms with Gasteiger partial charge in [0, 0.05) is 24.7 Å². The number of ketones is 2. The van der Waals surface area contributed by atoms with Gasteiger partial charge in [-0.15, -0.1) is 0 Å². The summed E-state index contributed by atoms with van der Waals surface area (Å²) in [4.78, 5) is 23.4. The van der Waals surface area contributed by atoms with Gasteiger partial charge in [0.2, 0.25) is 0 Å². The first kappa shape index (κ1) is 6.74. The molecule has 4 saturated carbocycles. The van der Waals surface area contributed by atoms with Crippen molar-refractivity contribution in [1.29, 1.82) is 0 Å². The molecular weight excluding hydrogens is 164 g/mol. The van der Waals surface area contributed by atoms with Crippen molar-refractivity contribution in [2.75, 3.05) is 0 Å². The number of hydrogen-bond donors (Lipinski definition) is 0. The van der Waals surface area contributed by atoms with Crippen molar-refractivity contribution < 1.29 is 9.59 Å². The van der Waals surface area contributed by atoms with Crippen molar-refractivity contribution in [2.45, 2.75) is 19.3 Å². The highest BCUT2D eigenvalue weighted by molar-refractivity contribution is 5.96. The van der Waals surface area contributed by atoms with Gasteiger partial charge < -0.3 is 0 Å². The molecule has 2 heteroatoms. The lowest BCUT2D eigenvalue weighted by molar-refractivity contribution is -0.129. The Labute approximate surface area is 76.7 Å². The Bertz CT molecular complexity index is 297. The van der Waals surface area contributed by atoms with Gasteiger partial charge in [0.05, 0.1) is 0 Å². The largest absolute Gasteiger partial charge is 0.299 e. The van der Waals surface area contributed by atoms with Crippen LogP contribution in [0.2, 0.25) is 0 Å². The maximum absolute atomic E-state index is 11.7. The summed E-state index contributed by atoms with van der Waals surface area (Å²) in [5, 5.41) is 0. The highest BCUT2D eigenvalue weighted by Crippen LogP contribution is 2.68. The molecular formula is C11H12O2. The Morgan fingerprint density at radius 2 is 1.23 bits per heavy atom. The Hall–Kier alpha value is -0.660. The van der Waals surface area contributed by atoms with Gasteiger partial charge >= 0.3 is 0 Å². The molecule has 0 aliphatic heterocycles. The number of Topliss-reactive ketones (excluding diaryl/α,β-unsaturated/α-hetero) is 2. The third-order valence-corrected chi connectivity index (χ3v) is 5.12. The Kier molecular flexibility index (Phi) is 0.907. The van der Waals surface area contributed by atoms with Crippen LogP contribution in [-0.4, -0.2) is 11.6 Å². The summed E-state index contributed by atoms with van der Waals surface area (Å²) in [5.74, 6) is 3.67. The van der Waals surface area contributed by atoms with Crippen LogP contribution < -0.4 is 0 Å². The van der Waals surface area contributed by atoms with Crippen LogP contribution in [0.1, 0.15) is 19.3 Å². The molecule has 4 fully saturated rings. The Morgan fingerprint density at radius 1 is 0.769 bits per heavy atom. The third kappa shape index (κ3) is 0.527. The van der Waals surface area contributed by atoms with E-state index in [0.29, 0.717) is 35.2 Å². The SMILES string of the molecule is O=C1C[C@@H]2[C@@H]3CC(=O)[C@H]4[C@H]3C[C@@H]2[C@H]14. The summed E-state index contributed by atoms with van der Waals surface area (Å²) < 4.78 is 0. The first-order chi connectivity index (χ1) is 6.27. The molecule has 2 nitrogen and oxygen atoms in total. The van der Waals surface area contributed by atoms with Gasteiger partial charge in [-0.2, -0.15) is 0 Å². The number of carbonyl (C=O) groups excluding carboxylic acids is 2. The predicted octanol–water partition coefficient (Wildman–Crippen LogP) is 1.05. The van der Waals surface area contributed by atoms with E-state index in [4.69, 9.17) is 0 Å². The summed E-state index contributed by atoms with van der Waals surface area (Å²) in [5.41, 5.74) is 0. The molecule has 4 aliphatic carbocycles. The second-order valence-corrected chi connectivity index (χ2v) is 5.28. The molecule has 0 aromatic heterocycles. The van der Waals surface area contributed by atoms with Gasteiger partial charge in [-0.25, -0.2) is 0 Å². The van der Waals surface area contributed by atoms with Gasteiger partial charge in [-0.05, 0) is 30.1 Å². The van der Waals surface area contributed by atoms with Crippen molar-refractivity contribution in [2.24, 2.45) is 35.5 Å². The molecule has 2 bridgehead atoms. The van der Waals surface area contributed by atoms with E-state index < -0.39 is 0 Å². The van der Waals surface area contributed by atoms with Crippen LogP contribution in [0.3, 0.4) is 0 Å². The highest BCUT2D eigenvalue weighted by atomic mass is 16.1. The predicted molar refractivity (Wildman–Crippen MR) is 44.8 cm³/mol. The van der Waals surface area contributed by atoms with Crippen LogP contribution in [0.25, 0.3) is 0 Å². The maximum atomic E-state index is 11.7. The minimum atomic E-state index is 0.182. The standard InChI is InChI=1S/C11H12O2/c12-8-2-4-5-3-9(13)11-7(5)1-6(4)10(8)11/h4-7,10-11H,1-3H2/t4-,5+,6-,7-,10+,11+/m0/s1. The van der Waals surface area contributed by atoms with Crippen LogP contribution in [0.4, 0.5) is 0 Å². The molecule has 0 saturated heterocycles. The number of fused-ring (bicyclic) bond motifs is 2. The average molecular weight is 176 g/mol. The third-order valence-electron chi connectivity index (χ3n) is 5.12. The molecule has 68 valence electrons. The molecule has 0 aromatic carbocycles. The lowest BCUT2D eigenvalue weighted by atomic mass is 9.79. The normalized spacial score (nSPS) is 61.2. The van der Waals surface area contributed by atoms with Gasteiger partial charge in [0.1, 0.15) is 11.6 Å². The van der Waals surface area contributed by atoms with E-state index in [9.17, 15) is 9.59 Å². The van der Waals surface area contributed by atoms with E-state index in [1.165, 1.54) is 6.42 Å². The summed E-state index contributed by atoms with van der Waals surface area (Å²) in [6, 6.07) is 0. The second kappa shape index (κ2) is 1.75. The van der Waals surface area contributed by atoms with Crippen molar-refractivity contribution in [3.63, 3.8) is 0 Å². The molecule has 0 unspecified atom stereocenters. The monoisotopic (exact) mass is 176 g/mol. The molecule has 0 radical (unpaired) electrons. The topological polar surface area (TPSA) is 34.1 Å². The molecule has 13 heavy (non-hydrogen) atoms. The van der Waals surface area contributed by atoms with E-state index in [0.717, 1.165) is 12.8 Å². The fourth-order valence-corrected chi connectivity index (χ4v) is 4.88. The molecule has 0 amide bonds. The van der Waals surface area contributed by atoms with Crippen LogP contribution in [-0.2, 0) is 9.59 Å². The molecule has 4 aliphatic rings. The van der Waals surface area contributed by atoms with Gasteiger partial charge in [0.15, 0.2) is 0 Å². The van der Waals surface area contributed by atoms with Crippen LogP contribution in [0.15, 0.2) is 0 Å². The minimum absolute atomic E-state index is 0.182. The van der Waals surface area contributed by atoms with Gasteiger partial charge in [0.25, 0.3) is 0 Å². The molecule has 0 N–H and O–H groups in total. The van der Waals surface area contributed by atoms with Crippen molar-refractivity contribution >= 4 is 11.6 Å². The van der Waals surface area contributed by atoms with Crippen molar-refractivity contribution in [1.82, 2.24) is 0 Å².